The molecule has 112 valence electrons. The third kappa shape index (κ3) is 4.53. The number of carbonyl (C=O) groups excluding carboxylic acids is 1. The number of amides is 1. The van der Waals surface area contributed by atoms with Gasteiger partial charge in [0, 0.05) is 25.7 Å². The summed E-state index contributed by atoms with van der Waals surface area (Å²) in [5.41, 5.74) is 2.52. The van der Waals surface area contributed by atoms with Crippen LogP contribution in [0.1, 0.15) is 25.3 Å². The van der Waals surface area contributed by atoms with Crippen molar-refractivity contribution in [2.75, 3.05) is 35.2 Å². The molecule has 1 aromatic carbocycles. The van der Waals surface area contributed by atoms with E-state index in [1.54, 1.807) is 14.1 Å². The molecule has 1 aromatic rings. The fourth-order valence-corrected chi connectivity index (χ4v) is 2.04. The first-order valence-corrected chi connectivity index (χ1v) is 7.09. The van der Waals surface area contributed by atoms with Gasteiger partial charge in [-0.3, -0.25) is 4.48 Å². The lowest BCUT2D eigenvalue weighted by Gasteiger charge is -2.26. The highest BCUT2D eigenvalue weighted by atomic mass is 16.6. The Morgan fingerprint density at radius 1 is 1.25 bits per heavy atom. The minimum absolute atomic E-state index is 0.343. The Morgan fingerprint density at radius 3 is 2.40 bits per heavy atom. The first kappa shape index (κ1) is 16.5. The minimum Gasteiger partial charge on any atom is -0.410 e. The lowest BCUT2D eigenvalue weighted by Crippen LogP contribution is -2.35. The summed E-state index contributed by atoms with van der Waals surface area (Å²) in [4.78, 5) is 13.0. The van der Waals surface area contributed by atoms with Gasteiger partial charge >= 0.3 is 6.09 Å². The van der Waals surface area contributed by atoms with Gasteiger partial charge in [0.1, 0.15) is 11.4 Å². The predicted molar refractivity (Wildman–Crippen MR) is 84.3 cm³/mol. The first-order chi connectivity index (χ1) is 9.25. The van der Waals surface area contributed by atoms with Crippen LogP contribution in [0, 0.1) is 0 Å². The number of rotatable bonds is 5. The molecule has 0 bridgehead atoms. The van der Waals surface area contributed by atoms with Crippen LogP contribution < -0.4 is 9.22 Å². The van der Waals surface area contributed by atoms with E-state index in [0.29, 0.717) is 5.75 Å². The second-order valence-electron chi connectivity index (χ2n) is 6.17. The minimum atomic E-state index is -0.343. The van der Waals surface area contributed by atoms with E-state index in [1.807, 2.05) is 12.1 Å². The van der Waals surface area contributed by atoms with Crippen LogP contribution in [0.5, 0.6) is 5.75 Å². The molecular formula is C16H27N2O2+. The summed E-state index contributed by atoms with van der Waals surface area (Å²) in [5.74, 6) is 0.618. The Balaban J connectivity index is 3.04. The van der Waals surface area contributed by atoms with Gasteiger partial charge in [-0.25, -0.2) is 4.79 Å². The molecule has 0 spiro atoms. The van der Waals surface area contributed by atoms with E-state index in [-0.39, 0.29) is 6.09 Å². The fourth-order valence-electron chi connectivity index (χ4n) is 2.04. The SMILES string of the molecule is CCCCc1cc(OC(=O)N(C)C)ccc1[N+](C)(C)C. The van der Waals surface area contributed by atoms with Crippen LogP contribution in [0.3, 0.4) is 0 Å². The van der Waals surface area contributed by atoms with Crippen molar-refractivity contribution in [3.8, 4) is 5.75 Å². The zero-order chi connectivity index (χ0) is 15.3. The van der Waals surface area contributed by atoms with Gasteiger partial charge < -0.3 is 9.64 Å². The number of unbranched alkanes of at least 4 members (excludes halogenated alkanes) is 1. The van der Waals surface area contributed by atoms with E-state index in [0.717, 1.165) is 23.7 Å². The fraction of sp³-hybridized carbons (Fsp3) is 0.562. The quantitative estimate of drug-likeness (QED) is 0.774. The van der Waals surface area contributed by atoms with E-state index < -0.39 is 0 Å². The third-order valence-electron chi connectivity index (χ3n) is 3.14. The molecule has 0 saturated carbocycles. The van der Waals surface area contributed by atoms with Gasteiger partial charge in [-0.05, 0) is 25.0 Å². The molecular weight excluding hydrogens is 252 g/mol. The Kier molecular flexibility index (Phi) is 5.57. The average molecular weight is 279 g/mol. The van der Waals surface area contributed by atoms with Crippen molar-refractivity contribution in [1.29, 1.82) is 0 Å². The van der Waals surface area contributed by atoms with Gasteiger partial charge in [0.05, 0.1) is 21.1 Å². The molecule has 0 aliphatic carbocycles. The summed E-state index contributed by atoms with van der Waals surface area (Å²) >= 11 is 0. The molecule has 0 heterocycles. The van der Waals surface area contributed by atoms with Gasteiger partial charge in [0.2, 0.25) is 0 Å². The van der Waals surface area contributed by atoms with Crippen LogP contribution in [0.15, 0.2) is 18.2 Å². The van der Waals surface area contributed by atoms with Crippen molar-refractivity contribution in [2.45, 2.75) is 26.2 Å². The van der Waals surface area contributed by atoms with E-state index in [4.69, 9.17) is 4.74 Å². The molecule has 4 nitrogen and oxygen atoms in total. The number of hydrogen-bond acceptors (Lipinski definition) is 2. The van der Waals surface area contributed by atoms with Crippen molar-refractivity contribution in [2.24, 2.45) is 0 Å². The van der Waals surface area contributed by atoms with E-state index in [2.05, 4.69) is 34.1 Å². The van der Waals surface area contributed by atoms with Crippen LogP contribution in [-0.2, 0) is 6.42 Å². The second-order valence-corrected chi connectivity index (χ2v) is 6.17. The Bertz CT molecular complexity index is 462. The first-order valence-electron chi connectivity index (χ1n) is 7.09. The van der Waals surface area contributed by atoms with Crippen LogP contribution in [0.25, 0.3) is 0 Å². The molecule has 0 fully saturated rings. The zero-order valence-corrected chi connectivity index (χ0v) is 13.6. The van der Waals surface area contributed by atoms with Crippen molar-refractivity contribution >= 4 is 11.8 Å². The van der Waals surface area contributed by atoms with Crippen LogP contribution in [-0.4, -0.2) is 46.2 Å². The molecule has 0 radical (unpaired) electrons. The summed E-state index contributed by atoms with van der Waals surface area (Å²) in [5, 5.41) is 0. The van der Waals surface area contributed by atoms with Gasteiger partial charge in [-0.2, -0.15) is 0 Å². The topological polar surface area (TPSA) is 29.5 Å². The van der Waals surface area contributed by atoms with Gasteiger partial charge in [0.25, 0.3) is 0 Å². The maximum absolute atomic E-state index is 11.6. The van der Waals surface area contributed by atoms with Gasteiger partial charge in [-0.15, -0.1) is 0 Å². The van der Waals surface area contributed by atoms with Crippen molar-refractivity contribution in [3.05, 3.63) is 23.8 Å². The highest BCUT2D eigenvalue weighted by molar-refractivity contribution is 5.70. The molecule has 1 rings (SSSR count). The maximum Gasteiger partial charge on any atom is 0.414 e. The predicted octanol–water partition coefficient (Wildman–Crippen LogP) is 3.29. The maximum atomic E-state index is 11.6. The summed E-state index contributed by atoms with van der Waals surface area (Å²) in [6.45, 7) is 2.18. The molecule has 0 aromatic heterocycles. The second kappa shape index (κ2) is 6.75. The summed E-state index contributed by atoms with van der Waals surface area (Å²) in [7, 11) is 9.81. The molecule has 0 unspecified atom stereocenters. The molecule has 0 aliphatic heterocycles. The third-order valence-corrected chi connectivity index (χ3v) is 3.14. The summed E-state index contributed by atoms with van der Waals surface area (Å²) in [6.07, 6.45) is 2.95. The van der Waals surface area contributed by atoms with Crippen molar-refractivity contribution in [1.82, 2.24) is 9.38 Å². The lowest BCUT2D eigenvalue weighted by atomic mass is 10.0. The van der Waals surface area contributed by atoms with Gasteiger partial charge in [-0.1, -0.05) is 13.3 Å². The molecule has 0 aliphatic rings. The molecule has 1 amide bonds. The highest BCUT2D eigenvalue weighted by Crippen LogP contribution is 2.29. The monoisotopic (exact) mass is 279 g/mol. The number of quaternary nitrogens is 1. The molecule has 0 saturated heterocycles. The van der Waals surface area contributed by atoms with Crippen molar-refractivity contribution < 1.29 is 9.53 Å². The number of benzene rings is 1. The zero-order valence-electron chi connectivity index (χ0n) is 13.6. The largest absolute Gasteiger partial charge is 0.414 e. The standard InChI is InChI=1S/C16H27N2O2/c1-7-8-9-13-12-14(20-16(19)17(2)3)10-11-15(13)18(4,5)6/h10-12H,7-9H2,1-6H3/q+1. The molecule has 4 heteroatoms. The molecule has 20 heavy (non-hydrogen) atoms. The van der Waals surface area contributed by atoms with Crippen LogP contribution >= 0.6 is 0 Å². The van der Waals surface area contributed by atoms with Crippen LogP contribution in [0.4, 0.5) is 10.5 Å². The van der Waals surface area contributed by atoms with E-state index in [1.165, 1.54) is 16.2 Å². The Hall–Kier alpha value is -1.55. The van der Waals surface area contributed by atoms with Gasteiger partial charge in [0.15, 0.2) is 0 Å². The number of ether oxygens (including phenoxy) is 1. The lowest BCUT2D eigenvalue weighted by molar-refractivity contribution is 0.172. The number of hydrogen-bond donors (Lipinski definition) is 0. The Labute approximate surface area is 122 Å². The van der Waals surface area contributed by atoms with Crippen LogP contribution in [0.2, 0.25) is 0 Å². The van der Waals surface area contributed by atoms with E-state index >= 15 is 0 Å². The average Bonchev–Trinajstić information content (AvgIpc) is 2.34. The van der Waals surface area contributed by atoms with E-state index in [9.17, 15) is 4.79 Å². The van der Waals surface area contributed by atoms with Crippen molar-refractivity contribution in [3.63, 3.8) is 0 Å². The summed E-state index contributed by atoms with van der Waals surface area (Å²) < 4.78 is 6.11. The normalized spacial score (nSPS) is 11.3. The number of carbonyl (C=O) groups is 1. The molecule has 0 atom stereocenters. The summed E-state index contributed by atoms with van der Waals surface area (Å²) in [6, 6.07) is 5.93. The Morgan fingerprint density at radius 2 is 1.90 bits per heavy atom. The number of aryl methyl sites for hydroxylation is 1. The number of nitrogens with zero attached hydrogens (tertiary/aromatic N) is 2. The molecule has 0 N–H and O–H groups in total. The highest BCUT2D eigenvalue weighted by Gasteiger charge is 2.19. The smallest absolute Gasteiger partial charge is 0.410 e.